The van der Waals surface area contributed by atoms with Gasteiger partial charge in [-0.05, 0) is 32.9 Å². The van der Waals surface area contributed by atoms with Gasteiger partial charge in [0.15, 0.2) is 0 Å². The van der Waals surface area contributed by atoms with Crippen LogP contribution in [0.1, 0.15) is 26.5 Å². The molecule has 0 saturated heterocycles. The highest BCUT2D eigenvalue weighted by Crippen LogP contribution is 2.11. The van der Waals surface area contributed by atoms with Crippen LogP contribution in [0.4, 0.5) is 4.79 Å². The Bertz CT molecular complexity index is 499. The number of carbonyl (C=O) groups is 2. The molecule has 1 unspecified atom stereocenters. The van der Waals surface area contributed by atoms with E-state index in [4.69, 9.17) is 21.4 Å². The first-order chi connectivity index (χ1) is 9.17. The Hall–Kier alpha value is -1.82. The molecule has 2 N–H and O–H groups in total. The number of rotatable bonds is 4. The van der Waals surface area contributed by atoms with E-state index in [1.807, 2.05) is 0 Å². The van der Waals surface area contributed by atoms with Gasteiger partial charge < -0.3 is 15.2 Å². The lowest BCUT2D eigenvalue weighted by molar-refractivity contribution is -0.139. The fourth-order valence-electron chi connectivity index (χ4n) is 1.42. The van der Waals surface area contributed by atoms with Gasteiger partial charge in [0.25, 0.3) is 0 Å². The maximum absolute atomic E-state index is 11.6. The van der Waals surface area contributed by atoms with Crippen molar-refractivity contribution in [3.63, 3.8) is 0 Å². The molecule has 1 aromatic rings. The van der Waals surface area contributed by atoms with E-state index in [1.165, 1.54) is 6.20 Å². The lowest BCUT2D eigenvalue weighted by Gasteiger charge is -2.21. The van der Waals surface area contributed by atoms with Gasteiger partial charge in [0, 0.05) is 23.3 Å². The maximum atomic E-state index is 11.6. The molecule has 0 aliphatic carbocycles. The summed E-state index contributed by atoms with van der Waals surface area (Å²) in [5, 5.41) is 11.9. The van der Waals surface area contributed by atoms with Crippen LogP contribution in [0.15, 0.2) is 18.3 Å². The molecule has 7 heteroatoms. The Morgan fingerprint density at radius 2 is 2.15 bits per heavy atom. The number of alkyl carbamates (subject to hydrolysis) is 1. The van der Waals surface area contributed by atoms with Crippen LogP contribution in [0.25, 0.3) is 0 Å². The summed E-state index contributed by atoms with van der Waals surface area (Å²) in [7, 11) is 0. The molecule has 0 fully saturated rings. The van der Waals surface area contributed by atoms with Gasteiger partial charge in [0.1, 0.15) is 11.6 Å². The highest BCUT2D eigenvalue weighted by atomic mass is 35.5. The lowest BCUT2D eigenvalue weighted by Crippen LogP contribution is -2.44. The van der Waals surface area contributed by atoms with Gasteiger partial charge in [0.2, 0.25) is 0 Å². The Morgan fingerprint density at radius 1 is 1.50 bits per heavy atom. The van der Waals surface area contributed by atoms with Crippen LogP contribution in [-0.4, -0.2) is 33.8 Å². The summed E-state index contributed by atoms with van der Waals surface area (Å²) in [5.41, 5.74) is -0.220. The summed E-state index contributed by atoms with van der Waals surface area (Å²) >= 11 is 5.80. The number of hydrogen-bond acceptors (Lipinski definition) is 4. The summed E-state index contributed by atoms with van der Waals surface area (Å²) in [6.45, 7) is 5.09. The number of halogens is 1. The van der Waals surface area contributed by atoms with Crippen LogP contribution >= 0.6 is 11.6 Å². The molecular formula is C13H17ClN2O4. The smallest absolute Gasteiger partial charge is 0.408 e. The van der Waals surface area contributed by atoms with Crippen LogP contribution < -0.4 is 5.32 Å². The fraction of sp³-hybridized carbons (Fsp3) is 0.462. The Kier molecular flexibility index (Phi) is 5.33. The van der Waals surface area contributed by atoms with E-state index in [0.717, 1.165) is 0 Å². The van der Waals surface area contributed by atoms with Crippen molar-refractivity contribution in [3.05, 3.63) is 29.0 Å². The number of nitrogens with zero attached hydrogens (tertiary/aromatic N) is 1. The monoisotopic (exact) mass is 300 g/mol. The van der Waals surface area contributed by atoms with Gasteiger partial charge >= 0.3 is 12.1 Å². The second-order valence-electron chi connectivity index (χ2n) is 5.21. The highest BCUT2D eigenvalue weighted by Gasteiger charge is 2.24. The van der Waals surface area contributed by atoms with Gasteiger partial charge in [-0.3, -0.25) is 4.98 Å². The molecule has 1 heterocycles. The van der Waals surface area contributed by atoms with Gasteiger partial charge in [-0.15, -0.1) is 0 Å². The van der Waals surface area contributed by atoms with Gasteiger partial charge in [-0.25, -0.2) is 9.59 Å². The largest absolute Gasteiger partial charge is 0.480 e. The summed E-state index contributed by atoms with van der Waals surface area (Å²) in [5.74, 6) is -1.17. The molecule has 0 saturated carbocycles. The molecule has 1 aromatic heterocycles. The molecule has 1 amide bonds. The van der Waals surface area contributed by atoms with E-state index in [1.54, 1.807) is 32.9 Å². The minimum Gasteiger partial charge on any atom is -0.480 e. The lowest BCUT2D eigenvalue weighted by atomic mass is 10.1. The molecule has 20 heavy (non-hydrogen) atoms. The summed E-state index contributed by atoms with van der Waals surface area (Å²) in [6, 6.07) is 2.01. The van der Waals surface area contributed by atoms with Crippen molar-refractivity contribution in [2.45, 2.75) is 38.8 Å². The van der Waals surface area contributed by atoms with E-state index in [9.17, 15) is 9.59 Å². The zero-order valence-electron chi connectivity index (χ0n) is 11.5. The third-order valence-electron chi connectivity index (χ3n) is 2.18. The molecule has 0 aliphatic rings. The van der Waals surface area contributed by atoms with Crippen LogP contribution in [0.2, 0.25) is 5.02 Å². The normalized spacial score (nSPS) is 12.6. The van der Waals surface area contributed by atoms with Crippen LogP contribution in [0.3, 0.4) is 0 Å². The van der Waals surface area contributed by atoms with Crippen LogP contribution in [0.5, 0.6) is 0 Å². The summed E-state index contributed by atoms with van der Waals surface area (Å²) in [6.07, 6.45) is 0.714. The molecule has 6 nitrogen and oxygen atoms in total. The quantitative estimate of drug-likeness (QED) is 0.890. The number of amides is 1. The molecule has 110 valence electrons. The van der Waals surface area contributed by atoms with Gasteiger partial charge in [-0.1, -0.05) is 11.6 Å². The van der Waals surface area contributed by atoms with Crippen LogP contribution in [-0.2, 0) is 16.0 Å². The third-order valence-corrected chi connectivity index (χ3v) is 2.42. The number of pyridine rings is 1. The minimum atomic E-state index is -1.17. The van der Waals surface area contributed by atoms with Crippen molar-refractivity contribution in [3.8, 4) is 0 Å². The number of hydrogen-bond donors (Lipinski definition) is 2. The van der Waals surface area contributed by atoms with E-state index >= 15 is 0 Å². The Balaban J connectivity index is 2.71. The zero-order chi connectivity index (χ0) is 15.3. The number of carboxylic acids is 1. The number of carboxylic acid groups (broad SMARTS) is 1. The van der Waals surface area contributed by atoms with Crippen molar-refractivity contribution >= 4 is 23.7 Å². The van der Waals surface area contributed by atoms with E-state index < -0.39 is 23.7 Å². The predicted molar refractivity (Wildman–Crippen MR) is 73.7 cm³/mol. The topological polar surface area (TPSA) is 88.5 Å². The molecule has 0 spiro atoms. The van der Waals surface area contributed by atoms with Crippen molar-refractivity contribution in [2.24, 2.45) is 0 Å². The maximum Gasteiger partial charge on any atom is 0.408 e. The molecule has 1 atom stereocenters. The molecule has 0 aromatic carbocycles. The third kappa shape index (κ3) is 5.88. The molecule has 1 rings (SSSR count). The molecule has 0 aliphatic heterocycles. The number of aromatic nitrogens is 1. The number of ether oxygens (including phenoxy) is 1. The van der Waals surface area contributed by atoms with Crippen molar-refractivity contribution < 1.29 is 19.4 Å². The molecule has 0 radical (unpaired) electrons. The average Bonchev–Trinajstić information content (AvgIpc) is 2.25. The molecule has 0 bridgehead atoms. The summed E-state index contributed by atoms with van der Waals surface area (Å²) < 4.78 is 5.02. The van der Waals surface area contributed by atoms with E-state index in [2.05, 4.69) is 10.3 Å². The Labute approximate surface area is 122 Å². The SMILES string of the molecule is CC(C)(C)OC(=O)NC(Cc1cc(Cl)ccn1)C(=O)O. The standard InChI is InChI=1S/C13H17ClN2O4/c1-13(2,3)20-12(19)16-10(11(17)18)7-9-6-8(14)4-5-15-9/h4-6,10H,7H2,1-3H3,(H,16,19)(H,17,18). The zero-order valence-corrected chi connectivity index (χ0v) is 12.3. The van der Waals surface area contributed by atoms with Crippen molar-refractivity contribution in [2.75, 3.05) is 0 Å². The second kappa shape index (κ2) is 6.56. The number of aliphatic carboxylic acids is 1. The summed E-state index contributed by atoms with van der Waals surface area (Å²) in [4.78, 5) is 26.8. The highest BCUT2D eigenvalue weighted by molar-refractivity contribution is 6.30. The second-order valence-corrected chi connectivity index (χ2v) is 5.64. The predicted octanol–water partition coefficient (Wildman–Crippen LogP) is 2.26. The van der Waals surface area contributed by atoms with Crippen molar-refractivity contribution in [1.29, 1.82) is 0 Å². The number of carbonyl (C=O) groups excluding carboxylic acids is 1. The van der Waals surface area contributed by atoms with Crippen molar-refractivity contribution in [1.82, 2.24) is 10.3 Å². The Morgan fingerprint density at radius 3 is 2.65 bits per heavy atom. The first-order valence-electron chi connectivity index (χ1n) is 6.00. The number of nitrogens with one attached hydrogen (secondary N) is 1. The molecular weight excluding hydrogens is 284 g/mol. The first kappa shape index (κ1) is 16.2. The van der Waals surface area contributed by atoms with E-state index in [0.29, 0.717) is 10.7 Å². The van der Waals surface area contributed by atoms with Gasteiger partial charge in [-0.2, -0.15) is 0 Å². The van der Waals surface area contributed by atoms with Gasteiger partial charge in [0.05, 0.1) is 0 Å². The van der Waals surface area contributed by atoms with E-state index in [-0.39, 0.29) is 6.42 Å². The van der Waals surface area contributed by atoms with Crippen LogP contribution in [0, 0.1) is 0 Å². The average molecular weight is 301 g/mol. The fourth-order valence-corrected chi connectivity index (χ4v) is 1.60. The minimum absolute atomic E-state index is 0.0230. The first-order valence-corrected chi connectivity index (χ1v) is 6.38.